The van der Waals surface area contributed by atoms with Gasteiger partial charge in [0.1, 0.15) is 0 Å². The predicted octanol–water partition coefficient (Wildman–Crippen LogP) is 3.18. The lowest BCUT2D eigenvalue weighted by atomic mass is 10.1. The fourth-order valence-corrected chi connectivity index (χ4v) is 2.21. The van der Waals surface area contributed by atoms with Crippen LogP contribution in [0.3, 0.4) is 0 Å². The van der Waals surface area contributed by atoms with E-state index in [1.165, 1.54) is 31.4 Å². The van der Waals surface area contributed by atoms with Crippen molar-refractivity contribution in [1.29, 1.82) is 5.26 Å². The number of rotatable bonds is 6. The van der Waals surface area contributed by atoms with E-state index in [1.807, 2.05) is 18.2 Å². The van der Waals surface area contributed by atoms with Crippen molar-refractivity contribution in [2.45, 2.75) is 32.7 Å². The van der Waals surface area contributed by atoms with Gasteiger partial charge in [0, 0.05) is 13.1 Å². The Hall–Kier alpha value is -1.33. The molecule has 0 heterocycles. The first-order valence-electron chi connectivity index (χ1n) is 6.53. The van der Waals surface area contributed by atoms with Crippen molar-refractivity contribution in [1.82, 2.24) is 4.90 Å². The average molecular weight is 228 g/mol. The minimum Gasteiger partial charge on any atom is -0.299 e. The molecule has 0 spiro atoms. The summed E-state index contributed by atoms with van der Waals surface area (Å²) in [5, 5.41) is 8.89. The molecule has 2 nitrogen and oxygen atoms in total. The highest BCUT2D eigenvalue weighted by molar-refractivity contribution is 5.32. The molecule has 2 heteroatoms. The van der Waals surface area contributed by atoms with Gasteiger partial charge in [0.05, 0.1) is 11.6 Å². The maximum Gasteiger partial charge on any atom is 0.0991 e. The van der Waals surface area contributed by atoms with Crippen LogP contribution in [0.5, 0.6) is 0 Å². The Bertz CT molecular complexity index is 402. The molecule has 1 aliphatic carbocycles. The van der Waals surface area contributed by atoms with E-state index in [1.54, 1.807) is 0 Å². The molecule has 0 bridgehead atoms. The summed E-state index contributed by atoms with van der Waals surface area (Å²) in [6, 6.07) is 10.2. The molecule has 2 rings (SSSR count). The molecule has 0 N–H and O–H groups in total. The Morgan fingerprint density at radius 3 is 2.88 bits per heavy atom. The van der Waals surface area contributed by atoms with Gasteiger partial charge in [-0.3, -0.25) is 4.90 Å². The highest BCUT2D eigenvalue weighted by atomic mass is 15.1. The Morgan fingerprint density at radius 2 is 2.24 bits per heavy atom. The minimum atomic E-state index is 0.769. The Labute approximate surface area is 104 Å². The lowest BCUT2D eigenvalue weighted by Gasteiger charge is -2.21. The first-order chi connectivity index (χ1) is 8.31. The van der Waals surface area contributed by atoms with Gasteiger partial charge in [-0.15, -0.1) is 0 Å². The monoisotopic (exact) mass is 228 g/mol. The fourth-order valence-electron chi connectivity index (χ4n) is 2.21. The van der Waals surface area contributed by atoms with Crippen LogP contribution >= 0.6 is 0 Å². The fraction of sp³-hybridized carbons (Fsp3) is 0.533. The third-order valence-corrected chi connectivity index (χ3v) is 3.22. The van der Waals surface area contributed by atoms with Crippen LogP contribution in [-0.2, 0) is 6.54 Å². The Morgan fingerprint density at radius 1 is 1.41 bits per heavy atom. The zero-order chi connectivity index (χ0) is 12.1. The van der Waals surface area contributed by atoms with Gasteiger partial charge in [0.25, 0.3) is 0 Å². The van der Waals surface area contributed by atoms with E-state index in [0.29, 0.717) is 0 Å². The Kier molecular flexibility index (Phi) is 4.17. The first kappa shape index (κ1) is 12.1. The second kappa shape index (κ2) is 5.84. The summed E-state index contributed by atoms with van der Waals surface area (Å²) in [5.74, 6) is 0.931. The van der Waals surface area contributed by atoms with Crippen molar-refractivity contribution in [3.63, 3.8) is 0 Å². The van der Waals surface area contributed by atoms with Crippen molar-refractivity contribution < 1.29 is 0 Å². The summed E-state index contributed by atoms with van der Waals surface area (Å²) in [4.78, 5) is 2.52. The van der Waals surface area contributed by atoms with Crippen molar-refractivity contribution in [3.8, 4) is 6.07 Å². The highest BCUT2D eigenvalue weighted by Crippen LogP contribution is 2.30. The molecule has 0 amide bonds. The summed E-state index contributed by atoms with van der Waals surface area (Å²) in [6.07, 6.45) is 4.00. The van der Waals surface area contributed by atoms with Crippen molar-refractivity contribution in [2.24, 2.45) is 5.92 Å². The van der Waals surface area contributed by atoms with Crippen LogP contribution in [0.4, 0.5) is 0 Å². The van der Waals surface area contributed by atoms with E-state index in [-0.39, 0.29) is 0 Å². The summed E-state index contributed by atoms with van der Waals surface area (Å²) >= 11 is 0. The maximum absolute atomic E-state index is 8.89. The van der Waals surface area contributed by atoms with Gasteiger partial charge >= 0.3 is 0 Å². The number of hydrogen-bond acceptors (Lipinski definition) is 2. The third-order valence-electron chi connectivity index (χ3n) is 3.22. The van der Waals surface area contributed by atoms with E-state index >= 15 is 0 Å². The maximum atomic E-state index is 8.89. The Balaban J connectivity index is 1.97. The topological polar surface area (TPSA) is 27.0 Å². The largest absolute Gasteiger partial charge is 0.299 e. The smallest absolute Gasteiger partial charge is 0.0991 e. The van der Waals surface area contributed by atoms with Crippen molar-refractivity contribution in [3.05, 3.63) is 35.4 Å². The van der Waals surface area contributed by atoms with Crippen molar-refractivity contribution in [2.75, 3.05) is 13.1 Å². The number of hydrogen-bond donors (Lipinski definition) is 0. The SMILES string of the molecule is CCCN(Cc1cccc(C#N)c1)CC1CC1. The molecule has 1 aliphatic rings. The van der Waals surface area contributed by atoms with E-state index in [4.69, 9.17) is 5.26 Å². The molecular weight excluding hydrogens is 208 g/mol. The molecule has 1 saturated carbocycles. The minimum absolute atomic E-state index is 0.769. The van der Waals surface area contributed by atoms with Gasteiger partial charge in [-0.25, -0.2) is 0 Å². The van der Waals surface area contributed by atoms with Crippen molar-refractivity contribution >= 4 is 0 Å². The van der Waals surface area contributed by atoms with Crippen LogP contribution < -0.4 is 0 Å². The average Bonchev–Trinajstić information content (AvgIpc) is 3.13. The van der Waals surface area contributed by atoms with Gasteiger partial charge in [-0.1, -0.05) is 19.1 Å². The van der Waals surface area contributed by atoms with Crippen LogP contribution in [0.1, 0.15) is 37.3 Å². The lowest BCUT2D eigenvalue weighted by molar-refractivity contribution is 0.255. The molecule has 0 radical (unpaired) electrons. The lowest BCUT2D eigenvalue weighted by Crippen LogP contribution is -2.26. The van der Waals surface area contributed by atoms with Crippen LogP contribution in [0, 0.1) is 17.2 Å². The molecule has 90 valence electrons. The summed E-state index contributed by atoms with van der Waals surface area (Å²) < 4.78 is 0. The second-order valence-corrected chi connectivity index (χ2v) is 4.99. The van der Waals surface area contributed by atoms with Crippen LogP contribution in [-0.4, -0.2) is 18.0 Å². The van der Waals surface area contributed by atoms with Gasteiger partial charge in [0.2, 0.25) is 0 Å². The normalized spacial score (nSPS) is 14.9. The van der Waals surface area contributed by atoms with E-state index < -0.39 is 0 Å². The molecular formula is C15H20N2. The molecule has 0 aliphatic heterocycles. The van der Waals surface area contributed by atoms with E-state index in [0.717, 1.165) is 24.6 Å². The zero-order valence-corrected chi connectivity index (χ0v) is 10.5. The molecule has 0 saturated heterocycles. The summed E-state index contributed by atoms with van der Waals surface area (Å²) in [7, 11) is 0. The second-order valence-electron chi connectivity index (χ2n) is 4.99. The molecule has 0 aromatic heterocycles. The number of benzene rings is 1. The molecule has 1 fully saturated rings. The van der Waals surface area contributed by atoms with Crippen LogP contribution in [0.25, 0.3) is 0 Å². The van der Waals surface area contributed by atoms with Gasteiger partial charge in [0.15, 0.2) is 0 Å². The van der Waals surface area contributed by atoms with E-state index in [2.05, 4.69) is 24.0 Å². The van der Waals surface area contributed by atoms with Gasteiger partial charge < -0.3 is 0 Å². The van der Waals surface area contributed by atoms with Gasteiger partial charge in [-0.05, 0) is 49.4 Å². The quantitative estimate of drug-likeness (QED) is 0.747. The molecule has 17 heavy (non-hydrogen) atoms. The standard InChI is InChI=1S/C15H20N2/c1-2-8-17(11-13-6-7-13)12-15-5-3-4-14(9-15)10-16/h3-5,9,13H,2,6-8,11-12H2,1H3. The van der Waals surface area contributed by atoms with Crippen LogP contribution in [0.15, 0.2) is 24.3 Å². The molecule has 0 atom stereocenters. The molecule has 1 aromatic rings. The molecule has 0 unspecified atom stereocenters. The van der Waals surface area contributed by atoms with E-state index in [9.17, 15) is 0 Å². The number of nitrogens with zero attached hydrogens (tertiary/aromatic N) is 2. The summed E-state index contributed by atoms with van der Waals surface area (Å²) in [5.41, 5.74) is 2.03. The predicted molar refractivity (Wildman–Crippen MR) is 69.4 cm³/mol. The zero-order valence-electron chi connectivity index (χ0n) is 10.5. The van der Waals surface area contributed by atoms with Gasteiger partial charge in [-0.2, -0.15) is 5.26 Å². The highest BCUT2D eigenvalue weighted by Gasteiger charge is 2.23. The first-order valence-corrected chi connectivity index (χ1v) is 6.53. The summed E-state index contributed by atoms with van der Waals surface area (Å²) in [6.45, 7) is 5.60. The number of nitriles is 1. The van der Waals surface area contributed by atoms with Crippen LogP contribution in [0.2, 0.25) is 0 Å². The molecule has 1 aromatic carbocycles. The third kappa shape index (κ3) is 3.87.